The molecule has 3 heterocycles. The number of aryl methyl sites for hydroxylation is 1. The second kappa shape index (κ2) is 6.53. The molecule has 0 aliphatic rings. The summed E-state index contributed by atoms with van der Waals surface area (Å²) in [5, 5.41) is 8.27. The summed E-state index contributed by atoms with van der Waals surface area (Å²) < 4.78 is 1.39. The van der Waals surface area contributed by atoms with E-state index in [2.05, 4.69) is 22.0 Å². The number of rotatable bonds is 6. The Hall–Kier alpha value is -1.80. The summed E-state index contributed by atoms with van der Waals surface area (Å²) in [5.74, 6) is 0. The van der Waals surface area contributed by atoms with Gasteiger partial charge in [-0.05, 0) is 6.42 Å². The molecular formula is C14H17N5OS2. The van der Waals surface area contributed by atoms with E-state index >= 15 is 0 Å². The molecule has 0 N–H and O–H groups in total. The van der Waals surface area contributed by atoms with Crippen molar-refractivity contribution in [2.45, 2.75) is 26.2 Å². The molecule has 3 aromatic heterocycles. The van der Waals surface area contributed by atoms with Gasteiger partial charge in [0.1, 0.15) is 0 Å². The molecule has 0 bridgehead atoms. The van der Waals surface area contributed by atoms with Crippen molar-refractivity contribution < 1.29 is 0 Å². The maximum absolute atomic E-state index is 12.1. The quantitative estimate of drug-likeness (QED) is 0.691. The third-order valence-corrected chi connectivity index (χ3v) is 5.13. The minimum atomic E-state index is -0.107. The normalized spacial score (nSPS) is 11.2. The lowest BCUT2D eigenvalue weighted by molar-refractivity contribution is 0.812. The minimum absolute atomic E-state index is 0.107. The van der Waals surface area contributed by atoms with Crippen molar-refractivity contribution in [3.8, 4) is 0 Å². The van der Waals surface area contributed by atoms with Crippen molar-refractivity contribution in [2.24, 2.45) is 0 Å². The third kappa shape index (κ3) is 3.17. The van der Waals surface area contributed by atoms with E-state index in [1.165, 1.54) is 15.9 Å². The molecule has 0 saturated heterocycles. The Morgan fingerprint density at radius 1 is 1.36 bits per heavy atom. The van der Waals surface area contributed by atoms with Crippen LogP contribution in [0.3, 0.4) is 0 Å². The molecule has 8 heteroatoms. The Bertz CT molecular complexity index is 808. The zero-order valence-corrected chi connectivity index (χ0v) is 14.2. The van der Waals surface area contributed by atoms with Crippen LogP contribution in [0.15, 0.2) is 22.4 Å². The van der Waals surface area contributed by atoms with Crippen LogP contribution in [-0.4, -0.2) is 33.2 Å². The zero-order valence-electron chi connectivity index (χ0n) is 12.5. The number of hydrogen-bond donors (Lipinski definition) is 0. The first-order chi connectivity index (χ1) is 10.7. The molecule has 0 amide bonds. The number of aromatic nitrogens is 4. The van der Waals surface area contributed by atoms with E-state index < -0.39 is 0 Å². The van der Waals surface area contributed by atoms with Gasteiger partial charge in [0.2, 0.25) is 10.1 Å². The predicted octanol–water partition coefficient (Wildman–Crippen LogP) is 2.24. The molecule has 0 atom stereocenters. The summed E-state index contributed by atoms with van der Waals surface area (Å²) in [5.41, 5.74) is 0.734. The number of likely N-dealkylation sites (N-methyl/N-ethyl adjacent to an activating group) is 1. The number of anilines is 1. The minimum Gasteiger partial charge on any atom is -0.349 e. The molecular weight excluding hydrogens is 318 g/mol. The van der Waals surface area contributed by atoms with Gasteiger partial charge in [0.05, 0.1) is 5.01 Å². The van der Waals surface area contributed by atoms with Gasteiger partial charge in [0.25, 0.3) is 5.56 Å². The van der Waals surface area contributed by atoms with Crippen LogP contribution in [0.2, 0.25) is 0 Å². The summed E-state index contributed by atoms with van der Waals surface area (Å²) in [6, 6.07) is 1.58. The zero-order chi connectivity index (χ0) is 15.5. The van der Waals surface area contributed by atoms with E-state index in [0.717, 1.165) is 41.6 Å². The third-order valence-electron chi connectivity index (χ3n) is 3.26. The number of fused-ring (bicyclic) bond motifs is 1. The van der Waals surface area contributed by atoms with Gasteiger partial charge in [-0.2, -0.15) is 4.52 Å². The van der Waals surface area contributed by atoms with Crippen molar-refractivity contribution in [1.29, 1.82) is 0 Å². The second-order valence-electron chi connectivity index (χ2n) is 5.01. The van der Waals surface area contributed by atoms with Crippen LogP contribution in [0.5, 0.6) is 0 Å². The monoisotopic (exact) mass is 335 g/mol. The van der Waals surface area contributed by atoms with E-state index in [1.54, 1.807) is 17.4 Å². The van der Waals surface area contributed by atoms with Gasteiger partial charge in [-0.25, -0.2) is 9.97 Å². The van der Waals surface area contributed by atoms with Gasteiger partial charge in [-0.1, -0.05) is 24.7 Å². The molecule has 0 aromatic carbocycles. The highest BCUT2D eigenvalue weighted by molar-refractivity contribution is 7.20. The number of nitrogens with zero attached hydrogens (tertiary/aromatic N) is 5. The summed E-state index contributed by atoms with van der Waals surface area (Å²) in [7, 11) is 1.98. The first-order valence-corrected chi connectivity index (χ1v) is 8.86. The van der Waals surface area contributed by atoms with Crippen LogP contribution in [0.4, 0.5) is 5.13 Å². The first-order valence-electron chi connectivity index (χ1n) is 7.16. The lowest BCUT2D eigenvalue weighted by atomic mass is 10.2. The largest absolute Gasteiger partial charge is 0.349 e. The topological polar surface area (TPSA) is 63.4 Å². The van der Waals surface area contributed by atoms with E-state index in [4.69, 9.17) is 0 Å². The fraction of sp³-hybridized carbons (Fsp3) is 0.429. The molecule has 6 nitrogen and oxygen atoms in total. The van der Waals surface area contributed by atoms with Crippen LogP contribution in [-0.2, 0) is 12.8 Å². The summed E-state index contributed by atoms with van der Waals surface area (Å²) in [4.78, 5) is 23.6. The van der Waals surface area contributed by atoms with Crippen LogP contribution in [0.1, 0.15) is 24.0 Å². The molecule has 22 heavy (non-hydrogen) atoms. The van der Waals surface area contributed by atoms with Crippen LogP contribution in [0, 0.1) is 0 Å². The van der Waals surface area contributed by atoms with Crippen LogP contribution in [0.25, 0.3) is 4.96 Å². The summed E-state index contributed by atoms with van der Waals surface area (Å²) in [6.45, 7) is 2.89. The Morgan fingerprint density at radius 3 is 2.95 bits per heavy atom. The van der Waals surface area contributed by atoms with E-state index in [-0.39, 0.29) is 5.56 Å². The van der Waals surface area contributed by atoms with E-state index in [9.17, 15) is 4.79 Å². The predicted molar refractivity (Wildman–Crippen MR) is 90.2 cm³/mol. The number of hydrogen-bond acceptors (Lipinski definition) is 7. The molecule has 3 rings (SSSR count). The standard InChI is InChI=1S/C14H17N5OS2/c1-3-4-10-9-12(20)19-13(16-10)22-14(17-19)18(2)7-5-11-15-6-8-21-11/h6,8-9H,3-5,7H2,1-2H3. The van der Waals surface area contributed by atoms with Crippen molar-refractivity contribution in [1.82, 2.24) is 19.6 Å². The van der Waals surface area contributed by atoms with Gasteiger partial charge >= 0.3 is 0 Å². The van der Waals surface area contributed by atoms with Crippen LogP contribution < -0.4 is 10.5 Å². The van der Waals surface area contributed by atoms with Crippen molar-refractivity contribution >= 4 is 32.8 Å². The van der Waals surface area contributed by atoms with Gasteiger partial charge in [-0.15, -0.1) is 16.4 Å². The lowest BCUT2D eigenvalue weighted by Crippen LogP contribution is -2.21. The Labute approximate surface area is 136 Å². The Morgan fingerprint density at radius 2 is 2.23 bits per heavy atom. The molecule has 0 aliphatic heterocycles. The Kier molecular flexibility index (Phi) is 4.49. The highest BCUT2D eigenvalue weighted by Crippen LogP contribution is 2.20. The van der Waals surface area contributed by atoms with E-state index in [0.29, 0.717) is 4.96 Å². The van der Waals surface area contributed by atoms with Crippen molar-refractivity contribution in [3.63, 3.8) is 0 Å². The Balaban J connectivity index is 1.81. The molecule has 0 aliphatic carbocycles. The van der Waals surface area contributed by atoms with Gasteiger partial charge in [0.15, 0.2) is 0 Å². The molecule has 3 aromatic rings. The molecule has 0 radical (unpaired) electrons. The fourth-order valence-corrected chi connectivity index (χ4v) is 3.64. The van der Waals surface area contributed by atoms with Gasteiger partial charge in [0, 0.05) is 43.4 Å². The SMILES string of the molecule is CCCc1cc(=O)n2nc(N(C)CCc3nccs3)sc2n1. The van der Waals surface area contributed by atoms with Crippen molar-refractivity contribution in [2.75, 3.05) is 18.5 Å². The highest BCUT2D eigenvalue weighted by Gasteiger charge is 2.12. The van der Waals surface area contributed by atoms with E-state index in [1.807, 2.05) is 23.5 Å². The lowest BCUT2D eigenvalue weighted by Gasteiger charge is -2.13. The molecule has 0 spiro atoms. The van der Waals surface area contributed by atoms with Gasteiger partial charge in [-0.3, -0.25) is 4.79 Å². The highest BCUT2D eigenvalue weighted by atomic mass is 32.1. The molecule has 0 fully saturated rings. The summed E-state index contributed by atoms with van der Waals surface area (Å²) in [6.07, 6.45) is 4.48. The maximum atomic E-state index is 12.1. The maximum Gasteiger partial charge on any atom is 0.275 e. The fourth-order valence-electron chi connectivity index (χ4n) is 2.12. The first kappa shape index (κ1) is 15.1. The number of thiazole rings is 1. The molecule has 0 saturated carbocycles. The van der Waals surface area contributed by atoms with Gasteiger partial charge < -0.3 is 4.90 Å². The average molecular weight is 335 g/mol. The second-order valence-corrected chi connectivity index (χ2v) is 6.93. The van der Waals surface area contributed by atoms with Crippen LogP contribution >= 0.6 is 22.7 Å². The van der Waals surface area contributed by atoms with Crippen molar-refractivity contribution in [3.05, 3.63) is 38.7 Å². The average Bonchev–Trinajstić information content (AvgIpc) is 3.14. The summed E-state index contributed by atoms with van der Waals surface area (Å²) >= 11 is 3.10. The molecule has 0 unspecified atom stereocenters. The molecule has 116 valence electrons. The smallest absolute Gasteiger partial charge is 0.275 e.